The summed E-state index contributed by atoms with van der Waals surface area (Å²) in [6.07, 6.45) is 1.39. The molecule has 2 aromatic carbocycles. The van der Waals surface area contributed by atoms with Gasteiger partial charge in [-0.25, -0.2) is 4.79 Å². The number of ether oxygens (including phenoxy) is 2. The second-order valence-corrected chi connectivity index (χ2v) is 14.8. The van der Waals surface area contributed by atoms with E-state index in [0.717, 1.165) is 10.5 Å². The number of benzene rings is 2. The van der Waals surface area contributed by atoms with Crippen LogP contribution in [0.1, 0.15) is 58.6 Å². The molecule has 0 aromatic heterocycles. The van der Waals surface area contributed by atoms with Crippen LogP contribution in [0.15, 0.2) is 66.2 Å². The van der Waals surface area contributed by atoms with Gasteiger partial charge in [0, 0.05) is 33.5 Å². The van der Waals surface area contributed by atoms with Crippen molar-refractivity contribution >= 4 is 35.5 Å². The van der Waals surface area contributed by atoms with Gasteiger partial charge in [-0.3, -0.25) is 24.0 Å². The highest BCUT2D eigenvalue weighted by atomic mass is 16.6. The molecule has 0 spiro atoms. The topological polar surface area (TPSA) is 175 Å². The van der Waals surface area contributed by atoms with Crippen LogP contribution in [0.5, 0.6) is 5.75 Å². The Balaban J connectivity index is 1.73. The first-order chi connectivity index (χ1) is 26.1. The van der Waals surface area contributed by atoms with Crippen LogP contribution in [0.3, 0.4) is 0 Å². The summed E-state index contributed by atoms with van der Waals surface area (Å²) < 4.78 is 11.7. The standard InChI is InChI=1S/C41H55N5O9/c1-25(2)19-21-54-30-17-15-29(16-18-30)22-31-38(50)44(6)27(5)41(53)55-34(23-28-12-9-8-10-13-28)40(52)46-20-11-14-33(46)36(48)43-32(24-47)39(51)45(7)35(26(3)4)37(49)42-31/h8-10,12-13,15-19,26-27,31-35,47H,11,14,20-24H2,1-7H3,(H,42,49)(H,43,48)/t27-,31-,32-,33-,34+,35-/m0/s1. The Morgan fingerprint density at radius 2 is 1.47 bits per heavy atom. The van der Waals surface area contributed by atoms with Crippen molar-refractivity contribution in [3.05, 3.63) is 77.4 Å². The number of nitrogens with one attached hydrogen (secondary N) is 2. The molecular formula is C41H55N5O9. The van der Waals surface area contributed by atoms with E-state index in [4.69, 9.17) is 9.47 Å². The third kappa shape index (κ3) is 10.9. The largest absolute Gasteiger partial charge is 0.490 e. The molecule has 2 aromatic rings. The molecule has 2 saturated heterocycles. The number of cyclic esters (lactones) is 1. The van der Waals surface area contributed by atoms with Gasteiger partial charge in [0.15, 0.2) is 6.10 Å². The van der Waals surface area contributed by atoms with Crippen molar-refractivity contribution in [3.8, 4) is 5.75 Å². The molecule has 55 heavy (non-hydrogen) atoms. The lowest BCUT2D eigenvalue weighted by atomic mass is 9.98. The monoisotopic (exact) mass is 761 g/mol. The van der Waals surface area contributed by atoms with Crippen LogP contribution in [0.2, 0.25) is 0 Å². The molecule has 0 unspecified atom stereocenters. The first-order valence-electron chi connectivity index (χ1n) is 18.8. The van der Waals surface area contributed by atoms with E-state index in [1.165, 1.54) is 30.8 Å². The maximum Gasteiger partial charge on any atom is 0.329 e. The van der Waals surface area contributed by atoms with Gasteiger partial charge in [-0.05, 0) is 68.9 Å². The summed E-state index contributed by atoms with van der Waals surface area (Å²) in [5.41, 5.74) is 2.50. The molecule has 0 radical (unpaired) electrons. The molecule has 298 valence electrons. The molecular weight excluding hydrogens is 706 g/mol. The number of esters is 1. The van der Waals surface area contributed by atoms with E-state index >= 15 is 0 Å². The van der Waals surface area contributed by atoms with Gasteiger partial charge in [-0.2, -0.15) is 0 Å². The van der Waals surface area contributed by atoms with E-state index in [0.29, 0.717) is 29.9 Å². The fraction of sp³-hybridized carbons (Fsp3) is 0.512. The Kier molecular flexibility index (Phi) is 15.0. The maximum atomic E-state index is 14.3. The number of allylic oxidation sites excluding steroid dienone is 1. The minimum atomic E-state index is -1.43. The third-order valence-electron chi connectivity index (χ3n) is 10.1. The Bertz CT molecular complexity index is 1710. The Hall–Kier alpha value is -5.24. The van der Waals surface area contributed by atoms with Crippen molar-refractivity contribution < 1.29 is 43.3 Å². The van der Waals surface area contributed by atoms with Gasteiger partial charge < -0.3 is 39.9 Å². The average molecular weight is 762 g/mol. The van der Waals surface area contributed by atoms with Crippen LogP contribution < -0.4 is 15.4 Å². The molecule has 6 atom stereocenters. The van der Waals surface area contributed by atoms with Crippen molar-refractivity contribution in [2.24, 2.45) is 5.92 Å². The summed E-state index contributed by atoms with van der Waals surface area (Å²) in [6.45, 7) is 8.70. The predicted octanol–water partition coefficient (Wildman–Crippen LogP) is 2.03. The van der Waals surface area contributed by atoms with Gasteiger partial charge in [-0.1, -0.05) is 61.9 Å². The number of aliphatic hydroxyl groups is 1. The van der Waals surface area contributed by atoms with Crippen molar-refractivity contribution in [1.29, 1.82) is 0 Å². The van der Waals surface area contributed by atoms with Crippen LogP contribution in [0.4, 0.5) is 0 Å². The summed E-state index contributed by atoms with van der Waals surface area (Å²) in [5.74, 6) is -3.93. The normalized spacial score (nSPS) is 24.8. The highest BCUT2D eigenvalue weighted by Gasteiger charge is 2.42. The van der Waals surface area contributed by atoms with Crippen LogP contribution in [0.25, 0.3) is 0 Å². The second kappa shape index (κ2) is 19.4. The number of hydrogen-bond acceptors (Lipinski definition) is 9. The summed E-state index contributed by atoms with van der Waals surface area (Å²) in [6, 6.07) is 10.1. The molecule has 0 aliphatic carbocycles. The number of carbonyl (C=O) groups excluding carboxylic acids is 6. The van der Waals surface area contributed by atoms with E-state index in [2.05, 4.69) is 10.6 Å². The SMILES string of the molecule is CC(C)=CCOc1ccc(C[C@@H]2NC(=O)[C@H](C(C)C)N(C)C(=O)[C@H](CO)NC(=O)[C@@H]3CCCN3C(=O)[C@@H](Cc3ccccc3)OC(=O)[C@H](C)N(C)C2=O)cc1. The van der Waals surface area contributed by atoms with E-state index < -0.39 is 84.3 Å². The fourth-order valence-corrected chi connectivity index (χ4v) is 6.81. The third-order valence-corrected chi connectivity index (χ3v) is 10.1. The minimum absolute atomic E-state index is 0.00645. The first-order valence-corrected chi connectivity index (χ1v) is 18.8. The van der Waals surface area contributed by atoms with Crippen LogP contribution in [0, 0.1) is 5.92 Å². The zero-order valence-corrected chi connectivity index (χ0v) is 32.8. The summed E-state index contributed by atoms with van der Waals surface area (Å²) in [7, 11) is 2.82. The van der Waals surface area contributed by atoms with E-state index in [9.17, 15) is 33.9 Å². The van der Waals surface area contributed by atoms with E-state index in [-0.39, 0.29) is 25.8 Å². The zero-order chi connectivity index (χ0) is 40.4. The lowest BCUT2D eigenvalue weighted by molar-refractivity contribution is -0.166. The van der Waals surface area contributed by atoms with Gasteiger partial charge in [-0.15, -0.1) is 0 Å². The lowest BCUT2D eigenvalue weighted by Crippen LogP contribution is -2.61. The number of amides is 5. The molecule has 14 nitrogen and oxygen atoms in total. The molecule has 2 heterocycles. The van der Waals surface area contributed by atoms with Gasteiger partial charge >= 0.3 is 5.97 Å². The van der Waals surface area contributed by atoms with Gasteiger partial charge in [0.25, 0.3) is 5.91 Å². The van der Waals surface area contributed by atoms with Crippen molar-refractivity contribution in [2.75, 3.05) is 33.9 Å². The Morgan fingerprint density at radius 1 is 0.855 bits per heavy atom. The number of hydrogen-bond donors (Lipinski definition) is 3. The molecule has 2 aliphatic heterocycles. The summed E-state index contributed by atoms with van der Waals surface area (Å²) in [4.78, 5) is 87.6. The molecule has 0 saturated carbocycles. The maximum absolute atomic E-state index is 14.3. The first kappa shape index (κ1) is 42.5. The van der Waals surface area contributed by atoms with Gasteiger partial charge in [0.2, 0.25) is 23.6 Å². The van der Waals surface area contributed by atoms with Crippen LogP contribution in [-0.4, -0.2) is 125 Å². The summed E-state index contributed by atoms with van der Waals surface area (Å²) >= 11 is 0. The number of likely N-dealkylation sites (N-methyl/N-ethyl adjacent to an activating group) is 2. The number of carbonyl (C=O) groups is 6. The van der Waals surface area contributed by atoms with Crippen LogP contribution in [-0.2, 0) is 46.3 Å². The molecule has 4 rings (SSSR count). The molecule has 0 bridgehead atoms. The Labute approximate surface area is 323 Å². The van der Waals surface area contributed by atoms with E-state index in [1.54, 1.807) is 62.4 Å². The van der Waals surface area contributed by atoms with E-state index in [1.807, 2.05) is 26.0 Å². The van der Waals surface area contributed by atoms with Crippen LogP contribution >= 0.6 is 0 Å². The van der Waals surface area contributed by atoms with Gasteiger partial charge in [0.1, 0.15) is 42.6 Å². The van der Waals surface area contributed by atoms with Gasteiger partial charge in [0.05, 0.1) is 6.61 Å². The molecule has 14 heteroatoms. The van der Waals surface area contributed by atoms with Crippen molar-refractivity contribution in [3.63, 3.8) is 0 Å². The molecule has 2 aliphatic rings. The quantitative estimate of drug-likeness (QED) is 0.255. The minimum Gasteiger partial charge on any atom is -0.490 e. The van der Waals surface area contributed by atoms with Crippen molar-refractivity contribution in [2.45, 2.75) is 96.6 Å². The molecule has 5 amide bonds. The number of nitrogens with zero attached hydrogens (tertiary/aromatic N) is 3. The zero-order valence-electron chi connectivity index (χ0n) is 32.8. The summed E-state index contributed by atoms with van der Waals surface area (Å²) in [5, 5.41) is 15.7. The second-order valence-electron chi connectivity index (χ2n) is 14.8. The fourth-order valence-electron chi connectivity index (χ4n) is 6.81. The average Bonchev–Trinajstić information content (AvgIpc) is 3.66. The number of aliphatic hydroxyl groups excluding tert-OH is 1. The highest BCUT2D eigenvalue weighted by molar-refractivity contribution is 5.97. The predicted molar refractivity (Wildman–Crippen MR) is 204 cm³/mol. The number of fused-ring (bicyclic) bond motifs is 1. The highest BCUT2D eigenvalue weighted by Crippen LogP contribution is 2.23. The number of rotatable bonds is 9. The molecule has 2 fully saturated rings. The lowest BCUT2D eigenvalue weighted by Gasteiger charge is -2.36. The molecule has 3 N–H and O–H groups in total. The van der Waals surface area contributed by atoms with Crippen molar-refractivity contribution in [1.82, 2.24) is 25.3 Å². The smallest absolute Gasteiger partial charge is 0.329 e. The Morgan fingerprint density at radius 3 is 2.09 bits per heavy atom.